The van der Waals surface area contributed by atoms with E-state index in [-0.39, 0.29) is 57.1 Å². The van der Waals surface area contributed by atoms with Crippen LogP contribution in [0.2, 0.25) is 5.02 Å². The summed E-state index contributed by atoms with van der Waals surface area (Å²) in [7, 11) is 0. The van der Waals surface area contributed by atoms with Crippen molar-refractivity contribution in [2.45, 2.75) is 0 Å². The molecule has 1 rings (SSSR count). The summed E-state index contributed by atoms with van der Waals surface area (Å²) >= 11 is 5.50. The first kappa shape index (κ1) is 9.95. The third-order valence-electron chi connectivity index (χ3n) is 0.827. The number of hydrogen-bond acceptors (Lipinski definition) is 1. The van der Waals surface area contributed by atoms with Crippen LogP contribution in [0, 0.1) is 0 Å². The number of hydrogen-bond donors (Lipinski definition) is 1. The normalized spacial score (nSPS) is 8.11. The molecule has 0 amide bonds. The summed E-state index contributed by atoms with van der Waals surface area (Å²) in [6, 6.07) is 6.36. The van der Waals surface area contributed by atoms with Gasteiger partial charge in [0.15, 0.2) is 0 Å². The van der Waals surface area contributed by atoms with Gasteiger partial charge in [0.1, 0.15) is 5.75 Å². The van der Waals surface area contributed by atoms with Gasteiger partial charge in [0.2, 0.25) is 0 Å². The summed E-state index contributed by atoms with van der Waals surface area (Å²) in [6.45, 7) is 0. The van der Waals surface area contributed by atoms with Gasteiger partial charge in [0.25, 0.3) is 0 Å². The minimum absolute atomic E-state index is 0. The summed E-state index contributed by atoms with van der Waals surface area (Å²) in [5, 5.41) is 9.34. The van der Waals surface area contributed by atoms with E-state index in [2.05, 4.69) is 0 Å². The Labute approximate surface area is 101 Å². The Bertz CT molecular complexity index is 152. The molecule has 0 heterocycles. The van der Waals surface area contributed by atoms with Crippen LogP contribution in [0.5, 0.6) is 5.75 Å². The molecule has 1 radical (unpaired) electrons. The number of rotatable bonds is 0. The second-order valence-electron chi connectivity index (χ2n) is 1.48. The minimum atomic E-state index is 0. The first-order chi connectivity index (χ1) is 3.79. The maximum atomic E-state index is 8.70. The van der Waals surface area contributed by atoms with Crippen LogP contribution in [0.25, 0.3) is 0 Å². The second kappa shape index (κ2) is 4.71. The van der Waals surface area contributed by atoms with Crippen LogP contribution in [0.3, 0.4) is 0 Å². The zero-order valence-electron chi connectivity index (χ0n) is 5.13. The van der Waals surface area contributed by atoms with Crippen molar-refractivity contribution in [3.05, 3.63) is 29.3 Å². The fraction of sp³-hybridized carbons (Fsp3) is 0. The largest absolute Gasteiger partial charge is 0.508 e. The van der Waals surface area contributed by atoms with Gasteiger partial charge in [-0.25, -0.2) is 0 Å². The smallest absolute Gasteiger partial charge is 0.115 e. The summed E-state index contributed by atoms with van der Waals surface area (Å²) in [5.41, 5.74) is 0. The minimum Gasteiger partial charge on any atom is -0.508 e. The predicted octanol–water partition coefficient (Wildman–Crippen LogP) is 1.66. The molecule has 9 heavy (non-hydrogen) atoms. The van der Waals surface area contributed by atoms with Gasteiger partial charge in [-0.3, -0.25) is 0 Å². The van der Waals surface area contributed by atoms with Crippen molar-refractivity contribution in [2.75, 3.05) is 0 Å². The number of aromatic hydroxyl groups is 1. The standard InChI is InChI=1S/C6H5ClO.K/c7-5-1-3-6(8)4-2-5;/h1-4,8H;. The molecule has 1 aromatic rings. The Morgan fingerprint density at radius 1 is 1.11 bits per heavy atom. The van der Waals surface area contributed by atoms with Crippen LogP contribution in [0.15, 0.2) is 24.3 Å². The van der Waals surface area contributed by atoms with E-state index < -0.39 is 0 Å². The summed E-state index contributed by atoms with van der Waals surface area (Å²) in [4.78, 5) is 0. The molecule has 0 saturated carbocycles. The van der Waals surface area contributed by atoms with Crippen LogP contribution >= 0.6 is 11.6 Å². The Morgan fingerprint density at radius 2 is 1.56 bits per heavy atom. The first-order valence-electron chi connectivity index (χ1n) is 2.23. The Morgan fingerprint density at radius 3 is 1.89 bits per heavy atom. The number of phenolic OH excluding ortho intramolecular Hbond substituents is 1. The van der Waals surface area contributed by atoms with Gasteiger partial charge < -0.3 is 5.11 Å². The van der Waals surface area contributed by atoms with Gasteiger partial charge in [-0.2, -0.15) is 0 Å². The zero-order chi connectivity index (χ0) is 5.98. The molecular weight excluding hydrogens is 163 g/mol. The van der Waals surface area contributed by atoms with Gasteiger partial charge in [-0.15, -0.1) is 0 Å². The SMILES string of the molecule is Oc1ccc(Cl)cc1.[K]. The molecule has 1 aromatic carbocycles. The zero-order valence-corrected chi connectivity index (χ0v) is 9.01. The maximum absolute atomic E-state index is 8.70. The summed E-state index contributed by atoms with van der Waals surface area (Å²) in [6.07, 6.45) is 0. The van der Waals surface area contributed by atoms with E-state index in [1.165, 1.54) is 0 Å². The van der Waals surface area contributed by atoms with E-state index in [4.69, 9.17) is 16.7 Å². The van der Waals surface area contributed by atoms with E-state index in [1.807, 2.05) is 0 Å². The number of benzene rings is 1. The number of halogens is 1. The van der Waals surface area contributed by atoms with Gasteiger partial charge in [0.05, 0.1) is 0 Å². The van der Waals surface area contributed by atoms with Crippen molar-refractivity contribution < 1.29 is 5.11 Å². The predicted molar refractivity (Wildman–Crippen MR) is 38.9 cm³/mol. The molecule has 0 aliphatic carbocycles. The van der Waals surface area contributed by atoms with Crippen LogP contribution in [-0.2, 0) is 0 Å². The Hall–Kier alpha value is 0.946. The molecule has 0 aromatic heterocycles. The van der Waals surface area contributed by atoms with E-state index in [9.17, 15) is 0 Å². The summed E-state index contributed by atoms with van der Waals surface area (Å²) < 4.78 is 0. The van der Waals surface area contributed by atoms with Crippen molar-refractivity contribution >= 4 is 63.0 Å². The van der Waals surface area contributed by atoms with E-state index in [1.54, 1.807) is 24.3 Å². The fourth-order valence-electron chi connectivity index (χ4n) is 0.441. The third kappa shape index (κ3) is 3.60. The van der Waals surface area contributed by atoms with E-state index >= 15 is 0 Å². The van der Waals surface area contributed by atoms with Crippen molar-refractivity contribution in [1.29, 1.82) is 0 Å². The van der Waals surface area contributed by atoms with Gasteiger partial charge in [-0.05, 0) is 24.3 Å². The Kier molecular flexibility index (Phi) is 5.21. The van der Waals surface area contributed by atoms with Gasteiger partial charge >= 0.3 is 0 Å². The molecule has 0 aliphatic heterocycles. The second-order valence-corrected chi connectivity index (χ2v) is 1.91. The molecular formula is C6H5ClKO. The molecule has 3 heteroatoms. The quantitative estimate of drug-likeness (QED) is 0.583. The average Bonchev–Trinajstić information content (AvgIpc) is 1.77. The van der Waals surface area contributed by atoms with Crippen molar-refractivity contribution in [1.82, 2.24) is 0 Å². The molecule has 0 spiro atoms. The molecule has 0 bridgehead atoms. The molecule has 0 fully saturated rings. The molecule has 1 N–H and O–H groups in total. The van der Waals surface area contributed by atoms with Crippen LogP contribution in [0.1, 0.15) is 0 Å². The van der Waals surface area contributed by atoms with Crippen molar-refractivity contribution in [2.24, 2.45) is 0 Å². The first-order valence-corrected chi connectivity index (χ1v) is 2.61. The number of phenols is 1. The molecule has 0 saturated heterocycles. The van der Waals surface area contributed by atoms with E-state index in [0.29, 0.717) is 5.02 Å². The van der Waals surface area contributed by atoms with E-state index in [0.717, 1.165) is 0 Å². The van der Waals surface area contributed by atoms with Crippen molar-refractivity contribution in [3.63, 3.8) is 0 Å². The Balaban J connectivity index is 0.000000640. The maximum Gasteiger partial charge on any atom is 0.115 e. The molecule has 0 atom stereocenters. The monoisotopic (exact) mass is 167 g/mol. The van der Waals surface area contributed by atoms with Crippen LogP contribution in [0.4, 0.5) is 0 Å². The van der Waals surface area contributed by atoms with Crippen LogP contribution in [-0.4, -0.2) is 56.5 Å². The molecule has 1 nitrogen and oxygen atoms in total. The molecule has 0 unspecified atom stereocenters. The topological polar surface area (TPSA) is 20.2 Å². The third-order valence-corrected chi connectivity index (χ3v) is 1.08. The van der Waals surface area contributed by atoms with Crippen molar-refractivity contribution in [3.8, 4) is 5.75 Å². The van der Waals surface area contributed by atoms with Gasteiger partial charge in [-0.1, -0.05) is 11.6 Å². The fourth-order valence-corrected chi connectivity index (χ4v) is 0.567. The molecule has 43 valence electrons. The molecule has 0 aliphatic rings. The van der Waals surface area contributed by atoms with Gasteiger partial charge in [0, 0.05) is 56.4 Å². The summed E-state index contributed by atoms with van der Waals surface area (Å²) in [5.74, 6) is 0.245. The van der Waals surface area contributed by atoms with Crippen LogP contribution < -0.4 is 0 Å². The average molecular weight is 168 g/mol.